The first-order chi connectivity index (χ1) is 18.3. The molecule has 2 aliphatic rings. The van der Waals surface area contributed by atoms with Crippen molar-refractivity contribution >= 4 is 69.3 Å². The number of oxime groups is 1. The highest BCUT2D eigenvalue weighted by Gasteiger charge is 2.57. The predicted octanol–water partition coefficient (Wildman–Crippen LogP) is -0.877. The summed E-state index contributed by atoms with van der Waals surface area (Å²) in [7, 11) is 0. The monoisotopic (exact) mass is 577 g/mol. The van der Waals surface area contributed by atoms with Crippen LogP contribution in [0.15, 0.2) is 35.0 Å². The Morgan fingerprint density at radius 3 is 3.03 bits per heavy atom. The quantitative estimate of drug-likeness (QED) is 0.0666. The van der Waals surface area contributed by atoms with E-state index in [1.807, 2.05) is 0 Å². The molecule has 5 heterocycles. The Labute approximate surface area is 226 Å². The molecule has 0 bridgehead atoms. The SMILES string of the molecule is C=CCON=C(C(=O)NC1C(=O)N2CC(CSc3ccc4nnnn4n3)(C(=O)O)CS[C@H]12)c1nsc(N)n1. The topological polar surface area (TPSA) is 216 Å². The molecule has 2 saturated heterocycles. The minimum absolute atomic E-state index is 0.0150. The number of β-lactam (4-membered cyclic amide) rings is 1. The lowest BCUT2D eigenvalue weighted by Crippen LogP contribution is -2.74. The number of tetrazole rings is 1. The van der Waals surface area contributed by atoms with Crippen LogP contribution in [0.3, 0.4) is 0 Å². The van der Waals surface area contributed by atoms with Crippen LogP contribution >= 0.6 is 35.1 Å². The van der Waals surface area contributed by atoms with E-state index in [1.54, 1.807) is 12.1 Å². The Balaban J connectivity index is 1.25. The third-order valence-electron chi connectivity index (χ3n) is 5.64. The van der Waals surface area contributed by atoms with Crippen molar-refractivity contribution in [1.29, 1.82) is 0 Å². The molecule has 0 radical (unpaired) electrons. The molecule has 2 aliphatic heterocycles. The minimum atomic E-state index is -1.22. The van der Waals surface area contributed by atoms with E-state index in [9.17, 15) is 19.5 Å². The molecule has 2 amide bonds. The number of nitrogen functional groups attached to an aromatic ring is 1. The molecule has 16 nitrogen and oxygen atoms in total. The summed E-state index contributed by atoms with van der Waals surface area (Å²) in [6.07, 6.45) is 1.45. The number of rotatable bonds is 10. The van der Waals surface area contributed by atoms with E-state index < -0.39 is 34.6 Å². The third-order valence-corrected chi connectivity index (χ3v) is 8.98. The van der Waals surface area contributed by atoms with Gasteiger partial charge < -0.3 is 25.9 Å². The maximum absolute atomic E-state index is 13.0. The zero-order valence-corrected chi connectivity index (χ0v) is 21.8. The van der Waals surface area contributed by atoms with Crippen LogP contribution in [0.25, 0.3) is 5.65 Å². The van der Waals surface area contributed by atoms with Crippen LogP contribution in [0.1, 0.15) is 5.82 Å². The molecule has 198 valence electrons. The molecule has 0 aromatic carbocycles. The summed E-state index contributed by atoms with van der Waals surface area (Å²) < 4.78 is 5.24. The highest BCUT2D eigenvalue weighted by Crippen LogP contribution is 2.44. The van der Waals surface area contributed by atoms with Crippen molar-refractivity contribution in [1.82, 2.24) is 44.8 Å². The lowest BCUT2D eigenvalue weighted by Gasteiger charge is -2.53. The number of amides is 2. The summed E-state index contributed by atoms with van der Waals surface area (Å²) in [5.41, 5.74) is 4.63. The zero-order valence-electron chi connectivity index (χ0n) is 19.3. The van der Waals surface area contributed by atoms with E-state index >= 15 is 0 Å². The second-order valence-electron chi connectivity index (χ2n) is 8.17. The second kappa shape index (κ2) is 10.5. The highest BCUT2D eigenvalue weighted by molar-refractivity contribution is 8.00. The van der Waals surface area contributed by atoms with Gasteiger partial charge in [-0.1, -0.05) is 17.8 Å². The van der Waals surface area contributed by atoms with Gasteiger partial charge in [0.05, 0.1) is 0 Å². The molecular formula is C19H19N11O5S3. The van der Waals surface area contributed by atoms with E-state index in [-0.39, 0.29) is 41.3 Å². The fraction of sp³-hybridized carbons (Fsp3) is 0.368. The Hall–Kier alpha value is -3.84. The predicted molar refractivity (Wildman–Crippen MR) is 136 cm³/mol. The molecule has 2 unspecified atom stereocenters. The number of carboxylic acid groups (broad SMARTS) is 1. The van der Waals surface area contributed by atoms with Crippen LogP contribution in [0, 0.1) is 5.41 Å². The first kappa shape index (κ1) is 25.8. The van der Waals surface area contributed by atoms with Crippen molar-refractivity contribution in [2.75, 3.05) is 30.4 Å². The average Bonchev–Trinajstić information content (AvgIpc) is 3.56. The number of carbonyl (C=O) groups is 3. The molecule has 0 spiro atoms. The summed E-state index contributed by atoms with van der Waals surface area (Å²) in [6.45, 7) is 3.54. The molecule has 38 heavy (non-hydrogen) atoms. The lowest BCUT2D eigenvalue weighted by molar-refractivity contribution is -0.157. The number of nitrogens with two attached hydrogens (primary N) is 1. The zero-order chi connectivity index (χ0) is 26.9. The van der Waals surface area contributed by atoms with Gasteiger partial charge in [-0.3, -0.25) is 14.4 Å². The first-order valence-electron chi connectivity index (χ1n) is 10.9. The van der Waals surface area contributed by atoms with Crippen LogP contribution < -0.4 is 11.1 Å². The Morgan fingerprint density at radius 2 is 2.29 bits per heavy atom. The lowest BCUT2D eigenvalue weighted by atomic mass is 9.89. The summed E-state index contributed by atoms with van der Waals surface area (Å²) in [5.74, 6) is -1.81. The fourth-order valence-corrected chi connectivity index (χ4v) is 6.85. The Bertz CT molecular complexity index is 1440. The van der Waals surface area contributed by atoms with Crippen LogP contribution in [-0.2, 0) is 19.2 Å². The summed E-state index contributed by atoms with van der Waals surface area (Å²) in [6, 6.07) is 2.50. The van der Waals surface area contributed by atoms with Crippen molar-refractivity contribution in [2.45, 2.75) is 16.4 Å². The normalized spacial score (nSPS) is 23.0. The second-order valence-corrected chi connectivity index (χ2v) is 11.1. The van der Waals surface area contributed by atoms with E-state index in [0.717, 1.165) is 11.5 Å². The van der Waals surface area contributed by atoms with Gasteiger partial charge in [0, 0.05) is 29.6 Å². The number of nitrogens with zero attached hydrogens (tertiary/aromatic N) is 9. The summed E-state index contributed by atoms with van der Waals surface area (Å²) >= 11 is 3.40. The molecule has 3 atom stereocenters. The van der Waals surface area contributed by atoms with E-state index in [1.165, 1.54) is 39.1 Å². The van der Waals surface area contributed by atoms with Crippen molar-refractivity contribution in [3.63, 3.8) is 0 Å². The molecule has 0 saturated carbocycles. The van der Waals surface area contributed by atoms with Crippen LogP contribution in [0.4, 0.5) is 5.13 Å². The maximum Gasteiger partial charge on any atom is 0.313 e. The number of fused-ring (bicyclic) bond motifs is 2. The molecule has 2 fully saturated rings. The number of anilines is 1. The number of thioether (sulfide) groups is 2. The number of carbonyl (C=O) groups excluding carboxylic acids is 2. The van der Waals surface area contributed by atoms with E-state index in [0.29, 0.717) is 10.7 Å². The number of aliphatic carboxylic acids is 1. The Morgan fingerprint density at radius 1 is 1.45 bits per heavy atom. The number of carboxylic acids is 1. The average molecular weight is 578 g/mol. The number of aromatic nitrogens is 7. The third kappa shape index (κ3) is 4.86. The van der Waals surface area contributed by atoms with Crippen molar-refractivity contribution in [2.24, 2.45) is 10.6 Å². The fourth-order valence-electron chi connectivity index (χ4n) is 3.71. The van der Waals surface area contributed by atoms with Crippen LogP contribution in [0.5, 0.6) is 0 Å². The molecule has 4 N–H and O–H groups in total. The van der Waals surface area contributed by atoms with E-state index in [4.69, 9.17) is 10.6 Å². The standard InChI is InChI=1S/C19H19N11O5S3/c1-2-5-35-25-11(13-22-18(20)38-26-13)14(31)21-12-15(32)29-6-19(17(33)34,8-37-16(12)29)7-36-10-4-3-9-23-27-28-30(9)24-10/h2-4,12,16H,1,5-8H2,(H,21,31)(H,33,34)(H2,20,22,26)/t12?,16-,19?/m1/s1. The van der Waals surface area contributed by atoms with Gasteiger partial charge in [0.25, 0.3) is 5.91 Å². The van der Waals surface area contributed by atoms with Gasteiger partial charge in [-0.25, -0.2) is 0 Å². The van der Waals surface area contributed by atoms with E-state index in [2.05, 4.69) is 47.0 Å². The molecule has 3 aromatic rings. The minimum Gasteiger partial charge on any atom is -0.481 e. The summed E-state index contributed by atoms with van der Waals surface area (Å²) in [5, 5.41) is 32.1. The molecular weight excluding hydrogens is 558 g/mol. The van der Waals surface area contributed by atoms with Crippen LogP contribution in [0.2, 0.25) is 0 Å². The van der Waals surface area contributed by atoms with Crippen molar-refractivity contribution < 1.29 is 24.3 Å². The number of hydrogen-bond donors (Lipinski definition) is 3. The van der Waals surface area contributed by atoms with Gasteiger partial charge in [-0.05, 0) is 22.6 Å². The highest BCUT2D eigenvalue weighted by atomic mass is 32.2. The Kier molecular flexibility index (Phi) is 7.13. The smallest absolute Gasteiger partial charge is 0.313 e. The summed E-state index contributed by atoms with van der Waals surface area (Å²) in [4.78, 5) is 48.7. The molecule has 19 heteroatoms. The number of nitrogens with one attached hydrogen (secondary N) is 1. The van der Waals surface area contributed by atoms with Gasteiger partial charge in [-0.15, -0.1) is 38.4 Å². The molecule has 5 rings (SSSR count). The van der Waals surface area contributed by atoms with Crippen molar-refractivity contribution in [3.05, 3.63) is 30.6 Å². The maximum atomic E-state index is 13.0. The van der Waals surface area contributed by atoms with Gasteiger partial charge in [0.15, 0.2) is 10.8 Å². The largest absolute Gasteiger partial charge is 0.481 e. The van der Waals surface area contributed by atoms with Crippen LogP contribution in [-0.4, -0.2) is 104 Å². The van der Waals surface area contributed by atoms with Crippen molar-refractivity contribution in [3.8, 4) is 0 Å². The molecule has 3 aromatic heterocycles. The van der Waals surface area contributed by atoms with Gasteiger partial charge in [0.2, 0.25) is 17.4 Å². The number of hydrogen-bond acceptors (Lipinski definition) is 15. The van der Waals surface area contributed by atoms with Gasteiger partial charge in [0.1, 0.15) is 28.5 Å². The van der Waals surface area contributed by atoms with Gasteiger partial charge >= 0.3 is 5.97 Å². The molecule has 0 aliphatic carbocycles. The first-order valence-corrected chi connectivity index (χ1v) is 13.7. The van der Waals surface area contributed by atoms with Gasteiger partial charge in [-0.2, -0.15) is 9.36 Å².